The maximum absolute atomic E-state index is 13.5. The molecular weight excluding hydrogens is 410 g/mol. The summed E-state index contributed by atoms with van der Waals surface area (Å²) >= 11 is 0. The van der Waals surface area contributed by atoms with Gasteiger partial charge in [0.05, 0.1) is 25.2 Å². The Kier molecular flexibility index (Phi) is 6.48. The van der Waals surface area contributed by atoms with Gasteiger partial charge in [-0.3, -0.25) is 14.9 Å². The standard InChI is InChI=1S/C24H29N3O5/c1-31-18-9-10-19(23(16-18)32-2)20-8-5-13-26(20)24(28)17-11-14-25(15-12-17)21-6-3-4-7-22(21)27(29)30/h3-4,6-7,9-10,16-17,20H,5,8,11-15H2,1-2H3/t20-/m1/s1. The van der Waals surface area contributed by atoms with E-state index < -0.39 is 0 Å². The molecule has 0 saturated carbocycles. The average molecular weight is 440 g/mol. The van der Waals surface area contributed by atoms with Gasteiger partial charge in [-0.25, -0.2) is 0 Å². The van der Waals surface area contributed by atoms with Gasteiger partial charge in [0, 0.05) is 43.2 Å². The number of amides is 1. The number of carbonyl (C=O) groups excluding carboxylic acids is 1. The molecule has 2 saturated heterocycles. The molecule has 8 nitrogen and oxygen atoms in total. The van der Waals surface area contributed by atoms with Gasteiger partial charge in [0.1, 0.15) is 17.2 Å². The van der Waals surface area contributed by atoms with Crippen LogP contribution in [0.1, 0.15) is 37.3 Å². The number of nitro groups is 1. The van der Waals surface area contributed by atoms with Gasteiger partial charge < -0.3 is 19.3 Å². The van der Waals surface area contributed by atoms with Crippen LogP contribution < -0.4 is 14.4 Å². The van der Waals surface area contributed by atoms with Gasteiger partial charge in [-0.2, -0.15) is 0 Å². The van der Waals surface area contributed by atoms with Crippen LogP contribution in [0.2, 0.25) is 0 Å². The molecule has 2 fully saturated rings. The van der Waals surface area contributed by atoms with Crippen molar-refractivity contribution in [2.45, 2.75) is 31.7 Å². The molecule has 2 aromatic rings. The van der Waals surface area contributed by atoms with E-state index >= 15 is 0 Å². The highest BCUT2D eigenvalue weighted by Gasteiger charge is 2.37. The number of benzene rings is 2. The zero-order valence-electron chi connectivity index (χ0n) is 18.5. The molecule has 0 N–H and O–H groups in total. The van der Waals surface area contributed by atoms with Crippen molar-refractivity contribution >= 4 is 17.3 Å². The Morgan fingerprint density at radius 1 is 1.03 bits per heavy atom. The predicted molar refractivity (Wildman–Crippen MR) is 121 cm³/mol. The molecule has 1 atom stereocenters. The Labute approximate surface area is 187 Å². The van der Waals surface area contributed by atoms with Gasteiger partial charge in [0.15, 0.2) is 0 Å². The monoisotopic (exact) mass is 439 g/mol. The lowest BCUT2D eigenvalue weighted by molar-refractivity contribution is -0.384. The first-order valence-electron chi connectivity index (χ1n) is 11.0. The van der Waals surface area contributed by atoms with E-state index in [-0.39, 0.29) is 28.5 Å². The van der Waals surface area contributed by atoms with Crippen LogP contribution in [0, 0.1) is 16.0 Å². The molecular formula is C24H29N3O5. The van der Waals surface area contributed by atoms with Crippen LogP contribution in [0.3, 0.4) is 0 Å². The van der Waals surface area contributed by atoms with Crippen molar-refractivity contribution in [3.8, 4) is 11.5 Å². The molecule has 32 heavy (non-hydrogen) atoms. The Morgan fingerprint density at radius 3 is 2.47 bits per heavy atom. The molecule has 0 aliphatic carbocycles. The quantitative estimate of drug-likeness (QED) is 0.496. The number of ether oxygens (including phenoxy) is 2. The number of carbonyl (C=O) groups is 1. The molecule has 2 aliphatic heterocycles. The number of rotatable bonds is 6. The van der Waals surface area contributed by atoms with Crippen molar-refractivity contribution in [1.82, 2.24) is 4.90 Å². The number of nitro benzene ring substituents is 1. The van der Waals surface area contributed by atoms with Gasteiger partial charge >= 0.3 is 0 Å². The molecule has 0 unspecified atom stereocenters. The molecule has 0 spiro atoms. The van der Waals surface area contributed by atoms with Crippen molar-refractivity contribution in [1.29, 1.82) is 0 Å². The van der Waals surface area contributed by atoms with Crippen molar-refractivity contribution < 1.29 is 19.2 Å². The number of para-hydroxylation sites is 2. The van der Waals surface area contributed by atoms with Crippen LogP contribution >= 0.6 is 0 Å². The number of likely N-dealkylation sites (tertiary alicyclic amines) is 1. The summed E-state index contributed by atoms with van der Waals surface area (Å²) in [5.41, 5.74) is 1.75. The molecule has 4 rings (SSSR count). The van der Waals surface area contributed by atoms with E-state index in [9.17, 15) is 14.9 Å². The highest BCUT2D eigenvalue weighted by atomic mass is 16.6. The SMILES string of the molecule is COc1ccc([C@H]2CCCN2C(=O)C2CCN(c3ccccc3[N+](=O)[O-])CC2)c(OC)c1. The highest BCUT2D eigenvalue weighted by molar-refractivity contribution is 5.80. The van der Waals surface area contributed by atoms with Crippen LogP contribution in [0.25, 0.3) is 0 Å². The van der Waals surface area contributed by atoms with E-state index in [1.165, 1.54) is 6.07 Å². The van der Waals surface area contributed by atoms with Gasteiger partial charge in [-0.05, 0) is 43.9 Å². The lowest BCUT2D eigenvalue weighted by atomic mass is 9.93. The summed E-state index contributed by atoms with van der Waals surface area (Å²) in [7, 11) is 3.26. The second-order valence-electron chi connectivity index (χ2n) is 8.30. The second-order valence-corrected chi connectivity index (χ2v) is 8.30. The Balaban J connectivity index is 1.46. The third kappa shape index (κ3) is 4.22. The number of hydrogen-bond donors (Lipinski definition) is 0. The molecule has 2 heterocycles. The van der Waals surface area contributed by atoms with Gasteiger partial charge in [-0.15, -0.1) is 0 Å². The zero-order valence-corrected chi connectivity index (χ0v) is 18.5. The molecule has 0 aromatic heterocycles. The predicted octanol–water partition coefficient (Wildman–Crippen LogP) is 4.19. The maximum Gasteiger partial charge on any atom is 0.292 e. The Hall–Kier alpha value is -3.29. The number of hydrogen-bond acceptors (Lipinski definition) is 6. The van der Waals surface area contributed by atoms with Gasteiger partial charge in [0.2, 0.25) is 5.91 Å². The number of nitrogens with zero attached hydrogens (tertiary/aromatic N) is 3. The summed E-state index contributed by atoms with van der Waals surface area (Å²) in [6, 6.07) is 12.6. The number of methoxy groups -OCH3 is 2. The molecule has 170 valence electrons. The first-order valence-corrected chi connectivity index (χ1v) is 11.0. The minimum atomic E-state index is -0.344. The summed E-state index contributed by atoms with van der Waals surface area (Å²) in [6.45, 7) is 2.00. The Bertz CT molecular complexity index is 987. The van der Waals surface area contributed by atoms with Crippen molar-refractivity contribution in [3.05, 3.63) is 58.1 Å². The second kappa shape index (κ2) is 9.46. The lowest BCUT2D eigenvalue weighted by Gasteiger charge is -2.36. The first-order chi connectivity index (χ1) is 15.5. The van der Waals surface area contributed by atoms with Gasteiger partial charge in [0.25, 0.3) is 5.69 Å². The molecule has 2 aromatic carbocycles. The number of piperidine rings is 1. The Morgan fingerprint density at radius 2 is 1.78 bits per heavy atom. The molecule has 0 bridgehead atoms. The van der Waals surface area contributed by atoms with E-state index in [0.29, 0.717) is 31.6 Å². The minimum Gasteiger partial charge on any atom is -0.497 e. The minimum absolute atomic E-state index is 0.00315. The van der Waals surface area contributed by atoms with E-state index in [1.807, 2.05) is 34.1 Å². The summed E-state index contributed by atoms with van der Waals surface area (Å²) in [5, 5.41) is 11.4. The molecule has 8 heteroatoms. The van der Waals surface area contributed by atoms with Crippen molar-refractivity contribution in [2.24, 2.45) is 5.92 Å². The average Bonchev–Trinajstić information content (AvgIpc) is 3.33. The highest BCUT2D eigenvalue weighted by Crippen LogP contribution is 2.40. The third-order valence-corrected chi connectivity index (χ3v) is 6.60. The lowest BCUT2D eigenvalue weighted by Crippen LogP contribution is -2.42. The largest absolute Gasteiger partial charge is 0.497 e. The molecule has 0 radical (unpaired) electrons. The first kappa shape index (κ1) is 21.9. The zero-order chi connectivity index (χ0) is 22.7. The van der Waals surface area contributed by atoms with Crippen LogP contribution in [0.5, 0.6) is 11.5 Å². The molecule has 1 amide bonds. The summed E-state index contributed by atoms with van der Waals surface area (Å²) in [4.78, 5) is 28.5. The third-order valence-electron chi connectivity index (χ3n) is 6.60. The topological polar surface area (TPSA) is 85.2 Å². The van der Waals surface area contributed by atoms with E-state index in [2.05, 4.69) is 0 Å². The van der Waals surface area contributed by atoms with Crippen LogP contribution in [0.15, 0.2) is 42.5 Å². The van der Waals surface area contributed by atoms with E-state index in [1.54, 1.807) is 26.4 Å². The molecule has 2 aliphatic rings. The van der Waals surface area contributed by atoms with Crippen LogP contribution in [0.4, 0.5) is 11.4 Å². The summed E-state index contributed by atoms with van der Waals surface area (Å²) in [5.74, 6) is 1.57. The smallest absolute Gasteiger partial charge is 0.292 e. The fraction of sp³-hybridized carbons (Fsp3) is 0.458. The van der Waals surface area contributed by atoms with E-state index in [0.717, 1.165) is 36.4 Å². The van der Waals surface area contributed by atoms with Gasteiger partial charge in [-0.1, -0.05) is 12.1 Å². The summed E-state index contributed by atoms with van der Waals surface area (Å²) < 4.78 is 10.9. The van der Waals surface area contributed by atoms with Crippen molar-refractivity contribution in [3.63, 3.8) is 0 Å². The maximum atomic E-state index is 13.5. The fourth-order valence-corrected chi connectivity index (χ4v) is 4.94. The summed E-state index contributed by atoms with van der Waals surface area (Å²) in [6.07, 6.45) is 3.24. The number of anilines is 1. The normalized spacial score (nSPS) is 19.1. The van der Waals surface area contributed by atoms with Crippen LogP contribution in [-0.4, -0.2) is 49.6 Å². The van der Waals surface area contributed by atoms with Crippen LogP contribution in [-0.2, 0) is 4.79 Å². The van der Waals surface area contributed by atoms with E-state index in [4.69, 9.17) is 9.47 Å². The van der Waals surface area contributed by atoms with Crippen molar-refractivity contribution in [2.75, 3.05) is 38.8 Å². The fourth-order valence-electron chi connectivity index (χ4n) is 4.94.